The second kappa shape index (κ2) is 11.1. The molecule has 1 aliphatic rings. The van der Waals surface area contributed by atoms with Gasteiger partial charge < -0.3 is 15.2 Å². The number of benzene rings is 3. The van der Waals surface area contributed by atoms with Crippen LogP contribution in [0.1, 0.15) is 22.3 Å². The van der Waals surface area contributed by atoms with Crippen LogP contribution >= 0.6 is 11.6 Å². The maximum atomic E-state index is 13.3. The van der Waals surface area contributed by atoms with E-state index in [0.29, 0.717) is 10.6 Å². The monoisotopic (exact) mass is 492 g/mol. The average Bonchev–Trinajstić information content (AvgIpc) is 2.86. The predicted octanol–water partition coefficient (Wildman–Crippen LogP) is 4.22. The van der Waals surface area contributed by atoms with Gasteiger partial charge in [0.05, 0.1) is 6.54 Å². The molecule has 35 heavy (non-hydrogen) atoms. The molecular weight excluding hydrogens is 468 g/mol. The van der Waals surface area contributed by atoms with E-state index < -0.39 is 30.1 Å². The van der Waals surface area contributed by atoms with Crippen molar-refractivity contribution < 1.29 is 24.2 Å². The molecule has 4 rings (SSSR count). The fourth-order valence-electron chi connectivity index (χ4n) is 4.12. The molecule has 2 amide bonds. The molecule has 1 aliphatic heterocycles. The quantitative estimate of drug-likeness (QED) is 0.515. The molecule has 0 fully saturated rings. The molecule has 1 heterocycles. The van der Waals surface area contributed by atoms with E-state index in [9.17, 15) is 19.5 Å². The van der Waals surface area contributed by atoms with Gasteiger partial charge in [-0.25, -0.2) is 9.59 Å². The first-order valence-corrected chi connectivity index (χ1v) is 11.6. The Morgan fingerprint density at radius 2 is 1.66 bits per heavy atom. The summed E-state index contributed by atoms with van der Waals surface area (Å²) in [7, 11) is 0. The third-order valence-corrected chi connectivity index (χ3v) is 6.17. The molecule has 180 valence electrons. The van der Waals surface area contributed by atoms with Gasteiger partial charge in [-0.15, -0.1) is 0 Å². The van der Waals surface area contributed by atoms with E-state index in [-0.39, 0.29) is 26.0 Å². The Hall–Kier alpha value is -3.84. The Morgan fingerprint density at radius 3 is 2.37 bits per heavy atom. The number of carboxylic acids is 1. The zero-order chi connectivity index (χ0) is 24.8. The van der Waals surface area contributed by atoms with Crippen molar-refractivity contribution in [2.45, 2.75) is 38.1 Å². The average molecular weight is 493 g/mol. The molecule has 0 aliphatic carbocycles. The minimum atomic E-state index is -1.18. The number of ether oxygens (including phenoxy) is 1. The van der Waals surface area contributed by atoms with Gasteiger partial charge in [-0.3, -0.25) is 9.69 Å². The molecular formula is C27H25ClN2O5. The van der Waals surface area contributed by atoms with Gasteiger partial charge in [-0.2, -0.15) is 0 Å². The van der Waals surface area contributed by atoms with Gasteiger partial charge in [0.2, 0.25) is 5.91 Å². The van der Waals surface area contributed by atoms with E-state index in [1.807, 2.05) is 54.6 Å². The number of nitrogens with zero attached hydrogens (tertiary/aromatic N) is 1. The first kappa shape index (κ1) is 24.3. The highest BCUT2D eigenvalue weighted by molar-refractivity contribution is 6.30. The first-order valence-electron chi connectivity index (χ1n) is 11.2. The number of carboxylic acid groups (broad SMARTS) is 1. The van der Waals surface area contributed by atoms with Gasteiger partial charge in [0.15, 0.2) is 0 Å². The number of amides is 2. The lowest BCUT2D eigenvalue weighted by Gasteiger charge is -2.35. The van der Waals surface area contributed by atoms with Gasteiger partial charge in [-0.1, -0.05) is 78.3 Å². The highest BCUT2D eigenvalue weighted by Gasteiger charge is 2.37. The van der Waals surface area contributed by atoms with Crippen molar-refractivity contribution in [3.8, 4) is 0 Å². The third kappa shape index (κ3) is 6.19. The van der Waals surface area contributed by atoms with Gasteiger partial charge >= 0.3 is 12.1 Å². The lowest BCUT2D eigenvalue weighted by atomic mass is 9.93. The Bertz CT molecular complexity index is 1220. The summed E-state index contributed by atoms with van der Waals surface area (Å²) < 4.78 is 5.50. The minimum absolute atomic E-state index is 0.0589. The molecule has 8 heteroatoms. The van der Waals surface area contributed by atoms with Crippen molar-refractivity contribution >= 4 is 29.6 Å². The van der Waals surface area contributed by atoms with Gasteiger partial charge in [0.25, 0.3) is 0 Å². The Kier molecular flexibility index (Phi) is 7.67. The van der Waals surface area contributed by atoms with E-state index in [1.165, 1.54) is 4.90 Å². The maximum Gasteiger partial charge on any atom is 0.411 e. The Labute approximate surface area is 208 Å². The Balaban J connectivity index is 1.52. The zero-order valence-electron chi connectivity index (χ0n) is 18.9. The van der Waals surface area contributed by atoms with Crippen LogP contribution in [0.3, 0.4) is 0 Å². The van der Waals surface area contributed by atoms with Crippen LogP contribution in [0.15, 0.2) is 78.9 Å². The number of carbonyl (C=O) groups excluding carboxylic acids is 2. The minimum Gasteiger partial charge on any atom is -0.480 e. The molecule has 0 unspecified atom stereocenters. The van der Waals surface area contributed by atoms with E-state index in [0.717, 1.165) is 16.7 Å². The molecule has 0 bridgehead atoms. The molecule has 0 saturated heterocycles. The molecule has 0 radical (unpaired) electrons. The first-order chi connectivity index (χ1) is 16.9. The van der Waals surface area contributed by atoms with Crippen molar-refractivity contribution in [1.29, 1.82) is 0 Å². The fourth-order valence-corrected chi connectivity index (χ4v) is 4.33. The van der Waals surface area contributed by atoms with Gasteiger partial charge in [-0.05, 0) is 34.4 Å². The zero-order valence-corrected chi connectivity index (χ0v) is 19.6. The summed E-state index contributed by atoms with van der Waals surface area (Å²) in [6.45, 7) is 0.257. The number of carbonyl (C=O) groups is 3. The summed E-state index contributed by atoms with van der Waals surface area (Å²) in [4.78, 5) is 39.6. The second-order valence-corrected chi connectivity index (χ2v) is 8.83. The molecule has 0 aromatic heterocycles. The van der Waals surface area contributed by atoms with Crippen molar-refractivity contribution in [3.63, 3.8) is 0 Å². The summed E-state index contributed by atoms with van der Waals surface area (Å²) in [6, 6.07) is 21.5. The van der Waals surface area contributed by atoms with E-state index in [2.05, 4.69) is 5.32 Å². The van der Waals surface area contributed by atoms with Crippen molar-refractivity contribution in [1.82, 2.24) is 10.2 Å². The topological polar surface area (TPSA) is 95.9 Å². The smallest absolute Gasteiger partial charge is 0.411 e. The van der Waals surface area contributed by atoms with Crippen molar-refractivity contribution in [2.75, 3.05) is 0 Å². The van der Waals surface area contributed by atoms with Crippen LogP contribution in [0.2, 0.25) is 5.02 Å². The maximum absolute atomic E-state index is 13.3. The van der Waals surface area contributed by atoms with E-state index in [4.69, 9.17) is 16.3 Å². The highest BCUT2D eigenvalue weighted by Crippen LogP contribution is 2.25. The van der Waals surface area contributed by atoms with Crippen LogP contribution < -0.4 is 5.32 Å². The summed E-state index contributed by atoms with van der Waals surface area (Å²) in [5.74, 6) is -1.72. The number of hydrogen-bond acceptors (Lipinski definition) is 4. The number of halogens is 1. The van der Waals surface area contributed by atoms with Crippen LogP contribution in [-0.4, -0.2) is 40.1 Å². The summed E-state index contributed by atoms with van der Waals surface area (Å²) in [5, 5.41) is 12.8. The van der Waals surface area contributed by atoms with E-state index >= 15 is 0 Å². The number of aliphatic carboxylic acids is 1. The van der Waals surface area contributed by atoms with E-state index in [1.54, 1.807) is 24.3 Å². The van der Waals surface area contributed by atoms with Crippen molar-refractivity contribution in [2.24, 2.45) is 0 Å². The number of rotatable bonds is 7. The van der Waals surface area contributed by atoms with Crippen LogP contribution in [0.25, 0.3) is 0 Å². The van der Waals surface area contributed by atoms with Gasteiger partial charge in [0, 0.05) is 17.9 Å². The lowest BCUT2D eigenvalue weighted by molar-refractivity contribution is -0.142. The lowest BCUT2D eigenvalue weighted by Crippen LogP contribution is -2.56. The van der Waals surface area contributed by atoms with Crippen LogP contribution in [0.4, 0.5) is 4.79 Å². The molecule has 7 nitrogen and oxygen atoms in total. The summed E-state index contributed by atoms with van der Waals surface area (Å²) in [5.41, 5.74) is 3.36. The Morgan fingerprint density at radius 1 is 0.971 bits per heavy atom. The molecule has 0 spiro atoms. The predicted molar refractivity (Wildman–Crippen MR) is 131 cm³/mol. The van der Waals surface area contributed by atoms with Crippen LogP contribution in [-0.2, 0) is 40.3 Å². The molecule has 2 N–H and O–H groups in total. The third-order valence-electron chi connectivity index (χ3n) is 5.93. The normalized spacial score (nSPS) is 15.6. The molecule has 2 atom stereocenters. The number of fused-ring (bicyclic) bond motifs is 1. The van der Waals surface area contributed by atoms with Crippen molar-refractivity contribution in [3.05, 3.63) is 106 Å². The summed E-state index contributed by atoms with van der Waals surface area (Å²) >= 11 is 6.02. The van der Waals surface area contributed by atoms with Crippen LogP contribution in [0, 0.1) is 0 Å². The SMILES string of the molecule is O=C(O)[C@@H](Cc1cccc(Cl)c1)NC(=O)[C@@H]1Cc2ccccc2CN1C(=O)OCc1ccccc1. The fraction of sp³-hybridized carbons (Fsp3) is 0.222. The highest BCUT2D eigenvalue weighted by atomic mass is 35.5. The standard InChI is InChI=1S/C27H25ClN2O5/c28-22-12-6-9-19(13-22)14-23(26(32)33)29-25(31)24-15-20-10-4-5-11-21(20)16-30(24)27(34)35-17-18-7-2-1-3-8-18/h1-13,23-24H,14-17H2,(H,29,31)(H,32,33)/t23-,24+/m1/s1. The summed E-state index contributed by atoms with van der Waals surface area (Å²) in [6.07, 6.45) is -0.319. The largest absolute Gasteiger partial charge is 0.480 e. The second-order valence-electron chi connectivity index (χ2n) is 8.39. The number of nitrogens with one attached hydrogen (secondary N) is 1. The molecule has 0 saturated carbocycles. The van der Waals surface area contributed by atoms with Crippen LogP contribution in [0.5, 0.6) is 0 Å². The number of hydrogen-bond donors (Lipinski definition) is 2. The van der Waals surface area contributed by atoms with Gasteiger partial charge in [0.1, 0.15) is 18.7 Å². The molecule has 3 aromatic carbocycles. The molecule has 3 aromatic rings.